The van der Waals surface area contributed by atoms with Crippen molar-refractivity contribution in [3.63, 3.8) is 0 Å². The summed E-state index contributed by atoms with van der Waals surface area (Å²) in [5.74, 6) is 1.46. The van der Waals surface area contributed by atoms with E-state index in [1.807, 2.05) is 10.7 Å². The van der Waals surface area contributed by atoms with Crippen molar-refractivity contribution in [1.29, 1.82) is 0 Å². The Balaban J connectivity index is 1.16. The second-order valence-electron chi connectivity index (χ2n) is 10.3. The molecule has 4 heterocycles. The van der Waals surface area contributed by atoms with Gasteiger partial charge in [-0.3, -0.25) is 4.79 Å². The van der Waals surface area contributed by atoms with Crippen LogP contribution < -0.4 is 4.90 Å². The average Bonchev–Trinajstić information content (AvgIpc) is 3.47. The van der Waals surface area contributed by atoms with E-state index in [2.05, 4.69) is 69.3 Å². The van der Waals surface area contributed by atoms with Gasteiger partial charge < -0.3 is 14.7 Å². The molecule has 2 saturated heterocycles. The lowest BCUT2D eigenvalue weighted by Crippen LogP contribution is -2.49. The molecule has 34 heavy (non-hydrogen) atoms. The van der Waals surface area contributed by atoms with Crippen molar-refractivity contribution in [3.8, 4) is 11.1 Å². The molecule has 6 rings (SSSR count). The first kappa shape index (κ1) is 21.7. The van der Waals surface area contributed by atoms with Crippen molar-refractivity contribution in [3.05, 3.63) is 54.4 Å². The van der Waals surface area contributed by atoms with Gasteiger partial charge in [0.15, 0.2) is 0 Å². The Kier molecular flexibility index (Phi) is 5.77. The molecule has 0 spiro atoms. The summed E-state index contributed by atoms with van der Waals surface area (Å²) in [5.41, 5.74) is 6.22. The van der Waals surface area contributed by atoms with Crippen LogP contribution in [0.3, 0.4) is 0 Å². The number of hydrogen-bond acceptors (Lipinski definition) is 4. The molecule has 6 nitrogen and oxygen atoms in total. The van der Waals surface area contributed by atoms with E-state index in [4.69, 9.17) is 0 Å². The van der Waals surface area contributed by atoms with Crippen molar-refractivity contribution < 1.29 is 4.79 Å². The van der Waals surface area contributed by atoms with Gasteiger partial charge in [0.25, 0.3) is 0 Å². The number of nitrogens with zero attached hydrogens (tertiary/aromatic N) is 5. The highest BCUT2D eigenvalue weighted by molar-refractivity contribution is 5.82. The topological polar surface area (TPSA) is 44.1 Å². The van der Waals surface area contributed by atoms with Crippen molar-refractivity contribution in [1.82, 2.24) is 19.4 Å². The number of rotatable bonds is 6. The summed E-state index contributed by atoms with van der Waals surface area (Å²) in [6.07, 6.45) is 8.67. The van der Waals surface area contributed by atoms with Crippen molar-refractivity contribution in [2.24, 2.45) is 11.8 Å². The standard InChI is InChI=1S/C28H35N5O/c1-2-30-12-10-22(19-30)17-21-3-5-23(6-4-21)25-18-27-26(9-11-29-33(27)20-25)31-13-15-32(16-14-31)28(34)24-7-8-24/h3-6,9,11,18,20,22,24H,2,7-8,10,12-17,19H2,1H3. The highest BCUT2D eigenvalue weighted by Gasteiger charge is 2.34. The van der Waals surface area contributed by atoms with Gasteiger partial charge in [-0.2, -0.15) is 5.10 Å². The zero-order valence-corrected chi connectivity index (χ0v) is 20.2. The quantitative estimate of drug-likeness (QED) is 0.562. The van der Waals surface area contributed by atoms with Crippen LogP contribution in [0.4, 0.5) is 5.69 Å². The first-order valence-electron chi connectivity index (χ1n) is 13.0. The Morgan fingerprint density at radius 3 is 2.47 bits per heavy atom. The van der Waals surface area contributed by atoms with Crippen LogP contribution in [0.2, 0.25) is 0 Å². The molecule has 0 bridgehead atoms. The van der Waals surface area contributed by atoms with E-state index in [1.165, 1.54) is 54.9 Å². The first-order valence-corrected chi connectivity index (χ1v) is 13.0. The van der Waals surface area contributed by atoms with E-state index in [1.54, 1.807) is 0 Å². The summed E-state index contributed by atoms with van der Waals surface area (Å²) >= 11 is 0. The maximum atomic E-state index is 12.4. The fourth-order valence-corrected chi connectivity index (χ4v) is 5.71. The highest BCUT2D eigenvalue weighted by Crippen LogP contribution is 2.33. The van der Waals surface area contributed by atoms with Crippen LogP contribution in [0.15, 0.2) is 48.8 Å². The predicted molar refractivity (Wildman–Crippen MR) is 136 cm³/mol. The normalized spacial score (nSPS) is 21.5. The number of piperazine rings is 1. The number of amides is 1. The van der Waals surface area contributed by atoms with Crippen LogP contribution in [-0.2, 0) is 11.2 Å². The van der Waals surface area contributed by atoms with Gasteiger partial charge in [-0.05, 0) is 68.0 Å². The van der Waals surface area contributed by atoms with Gasteiger partial charge in [-0.25, -0.2) is 4.52 Å². The van der Waals surface area contributed by atoms with E-state index < -0.39 is 0 Å². The van der Waals surface area contributed by atoms with E-state index >= 15 is 0 Å². The summed E-state index contributed by atoms with van der Waals surface area (Å²) in [7, 11) is 0. The lowest BCUT2D eigenvalue weighted by Gasteiger charge is -2.36. The van der Waals surface area contributed by atoms with E-state index in [0.29, 0.717) is 11.8 Å². The molecule has 1 aromatic carbocycles. The SMILES string of the molecule is CCN1CCC(Cc2ccc(-c3cc4c(N5CCN(C(=O)C6CC6)CC5)ccnn4c3)cc2)C1. The van der Waals surface area contributed by atoms with Gasteiger partial charge in [0.05, 0.1) is 11.2 Å². The number of carbonyl (C=O) groups is 1. The molecule has 1 unspecified atom stereocenters. The second kappa shape index (κ2) is 9.06. The molecule has 3 aromatic rings. The third kappa shape index (κ3) is 4.31. The molecule has 2 aliphatic heterocycles. The molecule has 6 heteroatoms. The first-order chi connectivity index (χ1) is 16.7. The summed E-state index contributed by atoms with van der Waals surface area (Å²) in [6, 6.07) is 13.5. The summed E-state index contributed by atoms with van der Waals surface area (Å²) < 4.78 is 2.00. The fourth-order valence-electron chi connectivity index (χ4n) is 5.71. The zero-order valence-electron chi connectivity index (χ0n) is 20.2. The predicted octanol–water partition coefficient (Wildman–Crippen LogP) is 3.94. The van der Waals surface area contributed by atoms with Crippen molar-refractivity contribution in [2.75, 3.05) is 50.7 Å². The number of hydrogen-bond donors (Lipinski definition) is 0. The summed E-state index contributed by atoms with van der Waals surface area (Å²) in [5, 5.41) is 4.58. The second-order valence-corrected chi connectivity index (χ2v) is 10.3. The molecule has 2 aromatic heterocycles. The molecule has 1 aliphatic carbocycles. The van der Waals surface area contributed by atoms with Crippen LogP contribution in [0.5, 0.6) is 0 Å². The van der Waals surface area contributed by atoms with Crippen LogP contribution in [0, 0.1) is 11.8 Å². The van der Waals surface area contributed by atoms with Gasteiger partial charge in [-0.15, -0.1) is 0 Å². The lowest BCUT2D eigenvalue weighted by atomic mass is 9.97. The van der Waals surface area contributed by atoms with Gasteiger partial charge >= 0.3 is 0 Å². The van der Waals surface area contributed by atoms with Gasteiger partial charge in [-0.1, -0.05) is 31.2 Å². The number of likely N-dealkylation sites (tertiary alicyclic amines) is 1. The fraction of sp³-hybridized carbons (Fsp3) is 0.500. The molecule has 3 fully saturated rings. The minimum atomic E-state index is 0.308. The molecule has 0 N–H and O–H groups in total. The third-order valence-corrected chi connectivity index (χ3v) is 7.97. The lowest BCUT2D eigenvalue weighted by molar-refractivity contribution is -0.132. The molecule has 1 amide bonds. The Hall–Kier alpha value is -2.86. The minimum Gasteiger partial charge on any atom is -0.366 e. The highest BCUT2D eigenvalue weighted by atomic mass is 16.2. The molecule has 178 valence electrons. The van der Waals surface area contributed by atoms with Crippen molar-refractivity contribution in [2.45, 2.75) is 32.6 Å². The van der Waals surface area contributed by atoms with Gasteiger partial charge in [0.2, 0.25) is 5.91 Å². The maximum absolute atomic E-state index is 12.4. The zero-order chi connectivity index (χ0) is 23.1. The van der Waals surface area contributed by atoms with Crippen LogP contribution >= 0.6 is 0 Å². The summed E-state index contributed by atoms with van der Waals surface area (Å²) in [4.78, 5) is 19.4. The minimum absolute atomic E-state index is 0.308. The Labute approximate surface area is 202 Å². The number of anilines is 1. The van der Waals surface area contributed by atoms with E-state index in [9.17, 15) is 4.79 Å². The van der Waals surface area contributed by atoms with Crippen molar-refractivity contribution >= 4 is 17.1 Å². The van der Waals surface area contributed by atoms with Gasteiger partial charge in [0, 0.05) is 56.6 Å². The molecule has 3 aliphatic rings. The Morgan fingerprint density at radius 2 is 1.76 bits per heavy atom. The largest absolute Gasteiger partial charge is 0.366 e. The number of carbonyl (C=O) groups excluding carboxylic acids is 1. The molecule has 1 saturated carbocycles. The van der Waals surface area contributed by atoms with Gasteiger partial charge in [0.1, 0.15) is 0 Å². The molecular weight excluding hydrogens is 422 g/mol. The number of fused-ring (bicyclic) bond motifs is 1. The Bertz CT molecular complexity index is 1160. The molecule has 0 radical (unpaired) electrons. The summed E-state index contributed by atoms with van der Waals surface area (Å²) in [6.45, 7) is 9.30. The van der Waals surface area contributed by atoms with Crippen LogP contribution in [0.1, 0.15) is 31.7 Å². The van der Waals surface area contributed by atoms with E-state index in [-0.39, 0.29) is 0 Å². The monoisotopic (exact) mass is 457 g/mol. The maximum Gasteiger partial charge on any atom is 0.225 e. The number of benzene rings is 1. The van der Waals surface area contributed by atoms with Crippen LogP contribution in [0.25, 0.3) is 16.6 Å². The Morgan fingerprint density at radius 1 is 0.971 bits per heavy atom. The molecular formula is C28H35N5O. The van der Waals surface area contributed by atoms with Crippen LogP contribution in [-0.4, -0.2) is 71.1 Å². The smallest absolute Gasteiger partial charge is 0.225 e. The number of aromatic nitrogens is 2. The van der Waals surface area contributed by atoms with E-state index in [0.717, 1.165) is 50.5 Å². The molecule has 1 atom stereocenters. The average molecular weight is 458 g/mol. The third-order valence-electron chi connectivity index (χ3n) is 7.97.